The summed E-state index contributed by atoms with van der Waals surface area (Å²) in [6.45, 7) is -0.486. The maximum atomic E-state index is 13.0. The predicted molar refractivity (Wildman–Crippen MR) is 50.1 cm³/mol. The molecule has 1 heterocycles. The van der Waals surface area contributed by atoms with Gasteiger partial charge in [-0.1, -0.05) is 0 Å². The Kier molecular flexibility index (Phi) is 2.43. The van der Waals surface area contributed by atoms with E-state index < -0.39 is 23.3 Å². The molecule has 1 aliphatic rings. The molecule has 1 aromatic rings. The summed E-state index contributed by atoms with van der Waals surface area (Å²) in [5.74, 6) is -4.08. The van der Waals surface area contributed by atoms with Gasteiger partial charge in [-0.25, -0.2) is 8.78 Å². The highest BCUT2D eigenvalue weighted by molar-refractivity contribution is 6.52. The largest absolute Gasteiger partial charge is 0.395 e. The zero-order valence-electron chi connectivity index (χ0n) is 8.04. The monoisotopic (exact) mass is 227 g/mol. The highest BCUT2D eigenvalue weighted by atomic mass is 19.2. The lowest BCUT2D eigenvalue weighted by atomic mass is 10.1. The van der Waals surface area contributed by atoms with Crippen LogP contribution in [0.15, 0.2) is 12.1 Å². The van der Waals surface area contributed by atoms with Crippen LogP contribution in [0.1, 0.15) is 10.4 Å². The highest BCUT2D eigenvalue weighted by Crippen LogP contribution is 2.30. The molecule has 6 heteroatoms. The van der Waals surface area contributed by atoms with Gasteiger partial charge in [0.25, 0.3) is 11.7 Å². The average molecular weight is 227 g/mol. The summed E-state index contributed by atoms with van der Waals surface area (Å²) in [7, 11) is 0. The van der Waals surface area contributed by atoms with Gasteiger partial charge < -0.3 is 10.0 Å². The van der Waals surface area contributed by atoms with Gasteiger partial charge >= 0.3 is 0 Å². The molecular formula is C10H7F2NO3. The molecule has 0 bridgehead atoms. The van der Waals surface area contributed by atoms with Crippen molar-refractivity contribution in [2.45, 2.75) is 0 Å². The van der Waals surface area contributed by atoms with E-state index in [0.29, 0.717) is 6.07 Å². The average Bonchev–Trinajstić information content (AvgIpc) is 2.46. The van der Waals surface area contributed by atoms with Gasteiger partial charge in [0, 0.05) is 12.6 Å². The number of β-amino-alcohol motifs (C(OH)–C–C–N with tert-alkyl or cyclic N) is 1. The van der Waals surface area contributed by atoms with Gasteiger partial charge in [-0.3, -0.25) is 9.59 Å². The van der Waals surface area contributed by atoms with Crippen LogP contribution in [0, 0.1) is 11.6 Å². The van der Waals surface area contributed by atoms with Crippen molar-refractivity contribution in [2.75, 3.05) is 18.1 Å². The Labute approximate surface area is 89.1 Å². The minimum atomic E-state index is -1.18. The van der Waals surface area contributed by atoms with Crippen molar-refractivity contribution in [1.82, 2.24) is 0 Å². The molecule has 0 atom stereocenters. The summed E-state index contributed by atoms with van der Waals surface area (Å²) < 4.78 is 25.8. The summed E-state index contributed by atoms with van der Waals surface area (Å²) in [5.41, 5.74) is -0.166. The molecule has 0 saturated carbocycles. The molecule has 1 amide bonds. The number of carbonyl (C=O) groups is 2. The van der Waals surface area contributed by atoms with Gasteiger partial charge in [0.2, 0.25) is 0 Å². The molecule has 4 nitrogen and oxygen atoms in total. The lowest BCUT2D eigenvalue weighted by molar-refractivity contribution is -0.114. The van der Waals surface area contributed by atoms with Crippen LogP contribution in [0.5, 0.6) is 0 Å². The molecular weight excluding hydrogens is 220 g/mol. The number of amides is 1. The van der Waals surface area contributed by atoms with Gasteiger partial charge in [0.1, 0.15) is 0 Å². The molecule has 0 spiro atoms. The standard InChI is InChI=1S/C10H7F2NO3/c11-6-3-5-8(4-7(6)12)13(1-2-14)10(16)9(5)15/h3-4,14H,1-2H2. The Morgan fingerprint density at radius 3 is 2.44 bits per heavy atom. The zero-order chi connectivity index (χ0) is 11.9. The third-order valence-electron chi connectivity index (χ3n) is 2.34. The Hall–Kier alpha value is -1.82. The summed E-state index contributed by atoms with van der Waals surface area (Å²) in [6, 6.07) is 1.48. The summed E-state index contributed by atoms with van der Waals surface area (Å²) in [6.07, 6.45) is 0. The van der Waals surface area contributed by atoms with Gasteiger partial charge in [-0.2, -0.15) is 0 Å². The fourth-order valence-corrected chi connectivity index (χ4v) is 1.61. The maximum absolute atomic E-state index is 13.0. The zero-order valence-corrected chi connectivity index (χ0v) is 8.04. The fourth-order valence-electron chi connectivity index (χ4n) is 1.61. The number of Topliss-reactive ketones (excluding diaryl/α,β-unsaturated/α-hetero) is 1. The van der Waals surface area contributed by atoms with E-state index in [1.54, 1.807) is 0 Å². The van der Waals surface area contributed by atoms with Crippen LogP contribution >= 0.6 is 0 Å². The van der Waals surface area contributed by atoms with E-state index in [0.717, 1.165) is 11.0 Å². The first-order chi connectivity index (χ1) is 7.56. The van der Waals surface area contributed by atoms with Crippen molar-refractivity contribution in [3.8, 4) is 0 Å². The van der Waals surface area contributed by atoms with Crippen molar-refractivity contribution >= 4 is 17.4 Å². The second kappa shape index (κ2) is 3.64. The number of nitrogens with zero attached hydrogens (tertiary/aromatic N) is 1. The Morgan fingerprint density at radius 1 is 1.19 bits per heavy atom. The quantitative estimate of drug-likeness (QED) is 0.748. The first-order valence-electron chi connectivity index (χ1n) is 4.52. The molecule has 1 N–H and O–H groups in total. The van der Waals surface area contributed by atoms with Crippen LogP contribution in [-0.2, 0) is 4.79 Å². The minimum Gasteiger partial charge on any atom is -0.395 e. The Bertz CT molecular complexity index is 487. The van der Waals surface area contributed by atoms with Crippen molar-refractivity contribution < 1.29 is 23.5 Å². The molecule has 0 unspecified atom stereocenters. The Morgan fingerprint density at radius 2 is 1.81 bits per heavy atom. The van der Waals surface area contributed by atoms with Crippen molar-refractivity contribution in [3.63, 3.8) is 0 Å². The SMILES string of the molecule is O=C1C(=O)N(CCO)c2cc(F)c(F)cc21. The van der Waals surface area contributed by atoms with Crippen molar-refractivity contribution in [3.05, 3.63) is 29.3 Å². The van der Waals surface area contributed by atoms with Crippen LogP contribution in [0.2, 0.25) is 0 Å². The van der Waals surface area contributed by atoms with Crippen molar-refractivity contribution in [2.24, 2.45) is 0 Å². The normalized spacial score (nSPS) is 14.6. The molecule has 0 saturated heterocycles. The molecule has 0 radical (unpaired) electrons. The molecule has 1 aromatic carbocycles. The van der Waals surface area contributed by atoms with E-state index in [2.05, 4.69) is 0 Å². The summed E-state index contributed by atoms with van der Waals surface area (Å²) in [4.78, 5) is 23.7. The third kappa shape index (κ3) is 1.38. The number of hydrogen-bond donors (Lipinski definition) is 1. The number of benzene rings is 1. The lowest BCUT2D eigenvalue weighted by Crippen LogP contribution is -2.32. The second-order valence-electron chi connectivity index (χ2n) is 3.29. The number of carbonyl (C=O) groups excluding carboxylic acids is 2. The number of aliphatic hydroxyl groups is 1. The lowest BCUT2D eigenvalue weighted by Gasteiger charge is -2.14. The van der Waals surface area contributed by atoms with Gasteiger partial charge in [-0.15, -0.1) is 0 Å². The number of aliphatic hydroxyl groups excluding tert-OH is 1. The molecule has 2 rings (SSSR count). The van der Waals surface area contributed by atoms with E-state index in [9.17, 15) is 18.4 Å². The first-order valence-corrected chi connectivity index (χ1v) is 4.52. The van der Waals surface area contributed by atoms with Gasteiger partial charge in [0.15, 0.2) is 11.6 Å². The minimum absolute atomic E-state index is 0.00273. The first kappa shape index (κ1) is 10.7. The van der Waals surface area contributed by atoms with E-state index in [1.165, 1.54) is 0 Å². The predicted octanol–water partition coefficient (Wildman–Crippen LogP) is 0.486. The van der Waals surface area contributed by atoms with Crippen LogP contribution in [0.3, 0.4) is 0 Å². The van der Waals surface area contributed by atoms with Crippen LogP contribution < -0.4 is 4.90 Å². The maximum Gasteiger partial charge on any atom is 0.299 e. The number of anilines is 1. The summed E-state index contributed by atoms with van der Waals surface area (Å²) in [5, 5.41) is 8.71. The van der Waals surface area contributed by atoms with E-state index in [-0.39, 0.29) is 24.4 Å². The van der Waals surface area contributed by atoms with E-state index in [1.807, 2.05) is 0 Å². The molecule has 0 fully saturated rings. The van der Waals surface area contributed by atoms with E-state index in [4.69, 9.17) is 5.11 Å². The number of hydrogen-bond acceptors (Lipinski definition) is 3. The Balaban J connectivity index is 2.56. The molecule has 84 valence electrons. The molecule has 0 aliphatic carbocycles. The van der Waals surface area contributed by atoms with Crippen LogP contribution in [-0.4, -0.2) is 29.9 Å². The molecule has 1 aliphatic heterocycles. The third-order valence-corrected chi connectivity index (χ3v) is 2.34. The number of rotatable bonds is 2. The van der Waals surface area contributed by atoms with Gasteiger partial charge in [0.05, 0.1) is 17.9 Å². The topological polar surface area (TPSA) is 57.6 Å². The van der Waals surface area contributed by atoms with Crippen molar-refractivity contribution in [1.29, 1.82) is 0 Å². The van der Waals surface area contributed by atoms with Gasteiger partial charge in [-0.05, 0) is 6.07 Å². The smallest absolute Gasteiger partial charge is 0.299 e. The fraction of sp³-hybridized carbons (Fsp3) is 0.200. The van der Waals surface area contributed by atoms with Crippen LogP contribution in [0.25, 0.3) is 0 Å². The number of halogens is 2. The van der Waals surface area contributed by atoms with Crippen LogP contribution in [0.4, 0.5) is 14.5 Å². The number of fused-ring (bicyclic) bond motifs is 1. The highest BCUT2D eigenvalue weighted by Gasteiger charge is 2.36. The van der Waals surface area contributed by atoms with E-state index >= 15 is 0 Å². The summed E-state index contributed by atoms with van der Waals surface area (Å²) >= 11 is 0. The number of ketones is 1. The molecule has 16 heavy (non-hydrogen) atoms. The molecule has 0 aromatic heterocycles. The second-order valence-corrected chi connectivity index (χ2v) is 3.29.